The molecule has 0 aliphatic carbocycles. The molecule has 17 heavy (non-hydrogen) atoms. The molecule has 4 nitrogen and oxygen atoms in total. The molecule has 2 rings (SSSR count). The minimum absolute atomic E-state index is 0.258. The first kappa shape index (κ1) is 12.0. The molecular formula is C11H12BrFN4. The Balaban J connectivity index is 2.10. The predicted molar refractivity (Wildman–Crippen MR) is 67.2 cm³/mol. The summed E-state index contributed by atoms with van der Waals surface area (Å²) in [6.07, 6.45) is 0. The van der Waals surface area contributed by atoms with Crippen molar-refractivity contribution in [3.05, 3.63) is 40.1 Å². The number of anilines is 1. The van der Waals surface area contributed by atoms with E-state index in [1.807, 2.05) is 13.0 Å². The van der Waals surface area contributed by atoms with E-state index in [1.54, 1.807) is 17.8 Å². The third-order valence-electron chi connectivity index (χ3n) is 2.39. The van der Waals surface area contributed by atoms with Crippen LogP contribution in [0.1, 0.15) is 11.4 Å². The molecule has 6 heteroatoms. The van der Waals surface area contributed by atoms with Crippen molar-refractivity contribution in [2.45, 2.75) is 13.5 Å². The zero-order valence-electron chi connectivity index (χ0n) is 9.54. The molecule has 0 saturated carbocycles. The minimum atomic E-state index is -0.258. The summed E-state index contributed by atoms with van der Waals surface area (Å²) in [6, 6.07) is 5.07. The van der Waals surface area contributed by atoms with Crippen LogP contribution in [0.25, 0.3) is 0 Å². The van der Waals surface area contributed by atoms with Gasteiger partial charge in [-0.2, -0.15) is 0 Å². The molecule has 0 aliphatic heterocycles. The third-order valence-corrected chi connectivity index (χ3v) is 2.72. The number of benzene rings is 1. The summed E-state index contributed by atoms with van der Waals surface area (Å²) < 4.78 is 15.7. The van der Waals surface area contributed by atoms with Crippen LogP contribution in [0, 0.1) is 12.7 Å². The van der Waals surface area contributed by atoms with E-state index in [-0.39, 0.29) is 5.82 Å². The van der Waals surface area contributed by atoms with E-state index in [9.17, 15) is 4.39 Å². The molecule has 90 valence electrons. The average Bonchev–Trinajstić information content (AvgIpc) is 2.56. The minimum Gasteiger partial charge on any atom is -0.375 e. The van der Waals surface area contributed by atoms with Crippen LogP contribution in [0.5, 0.6) is 0 Å². The fraction of sp³-hybridized carbons (Fsp3) is 0.273. The van der Waals surface area contributed by atoms with E-state index in [1.165, 1.54) is 6.07 Å². The second kappa shape index (κ2) is 4.83. The van der Waals surface area contributed by atoms with Gasteiger partial charge in [-0.05, 0) is 40.5 Å². The molecule has 0 spiro atoms. The lowest BCUT2D eigenvalue weighted by atomic mass is 10.2. The number of aryl methyl sites for hydroxylation is 2. The summed E-state index contributed by atoms with van der Waals surface area (Å²) in [6.45, 7) is 2.28. The monoisotopic (exact) mass is 298 g/mol. The van der Waals surface area contributed by atoms with Gasteiger partial charge in [-0.15, -0.1) is 5.10 Å². The molecule has 2 aromatic rings. The van der Waals surface area contributed by atoms with Gasteiger partial charge in [-0.25, -0.2) is 9.37 Å². The van der Waals surface area contributed by atoms with Gasteiger partial charge < -0.3 is 5.32 Å². The van der Waals surface area contributed by atoms with Crippen LogP contribution in [-0.2, 0) is 13.6 Å². The molecule has 1 N–H and O–H groups in total. The number of rotatable bonds is 3. The van der Waals surface area contributed by atoms with Gasteiger partial charge in [0.2, 0.25) is 4.73 Å². The number of hydrogen-bond donors (Lipinski definition) is 1. The lowest BCUT2D eigenvalue weighted by Crippen LogP contribution is -2.07. The highest BCUT2D eigenvalue weighted by Crippen LogP contribution is 2.16. The highest BCUT2D eigenvalue weighted by molar-refractivity contribution is 9.10. The summed E-state index contributed by atoms with van der Waals surface area (Å²) in [4.78, 5) is 4.16. The van der Waals surface area contributed by atoms with Crippen molar-refractivity contribution < 1.29 is 4.39 Å². The van der Waals surface area contributed by atoms with Gasteiger partial charge in [0.05, 0.1) is 12.2 Å². The summed E-state index contributed by atoms with van der Waals surface area (Å²) >= 11 is 3.19. The zero-order chi connectivity index (χ0) is 12.4. The Morgan fingerprint density at radius 3 is 2.82 bits per heavy atom. The van der Waals surface area contributed by atoms with Crippen molar-refractivity contribution >= 4 is 21.6 Å². The third kappa shape index (κ3) is 2.82. The van der Waals surface area contributed by atoms with Crippen LogP contribution in [-0.4, -0.2) is 14.8 Å². The Morgan fingerprint density at radius 1 is 1.47 bits per heavy atom. The van der Waals surface area contributed by atoms with Crippen molar-refractivity contribution in [2.75, 3.05) is 5.32 Å². The number of halogens is 2. The molecule has 0 aliphatic rings. The smallest absolute Gasteiger partial charge is 0.217 e. The first-order valence-corrected chi connectivity index (χ1v) is 5.91. The first-order valence-electron chi connectivity index (χ1n) is 5.11. The van der Waals surface area contributed by atoms with Crippen molar-refractivity contribution in [2.24, 2.45) is 7.05 Å². The molecular weight excluding hydrogens is 287 g/mol. The van der Waals surface area contributed by atoms with E-state index < -0.39 is 0 Å². The van der Waals surface area contributed by atoms with Gasteiger partial charge in [0.15, 0.2) is 0 Å². The fourth-order valence-corrected chi connectivity index (χ4v) is 1.92. The molecule has 0 saturated heterocycles. The van der Waals surface area contributed by atoms with E-state index >= 15 is 0 Å². The van der Waals surface area contributed by atoms with Crippen LogP contribution in [0.2, 0.25) is 0 Å². The topological polar surface area (TPSA) is 42.7 Å². The van der Waals surface area contributed by atoms with Crippen LogP contribution in [0.4, 0.5) is 10.1 Å². The van der Waals surface area contributed by atoms with E-state index in [0.29, 0.717) is 17.0 Å². The maximum atomic E-state index is 13.5. The maximum Gasteiger partial charge on any atom is 0.217 e. The maximum absolute atomic E-state index is 13.5. The Morgan fingerprint density at radius 2 is 2.24 bits per heavy atom. The van der Waals surface area contributed by atoms with Crippen molar-refractivity contribution in [3.8, 4) is 0 Å². The molecule has 0 radical (unpaired) electrons. The van der Waals surface area contributed by atoms with Gasteiger partial charge in [0.25, 0.3) is 0 Å². The van der Waals surface area contributed by atoms with Gasteiger partial charge in [0, 0.05) is 7.05 Å². The molecule has 1 heterocycles. The number of aromatic nitrogens is 3. The van der Waals surface area contributed by atoms with Crippen molar-refractivity contribution in [3.63, 3.8) is 0 Å². The standard InChI is InChI=1S/C11H12BrFN4/c1-7-3-4-9(8(13)5-7)14-6-10-15-11(12)16-17(10)2/h3-5,14H,6H2,1-2H3. The van der Waals surface area contributed by atoms with Crippen LogP contribution < -0.4 is 5.32 Å². The fourth-order valence-electron chi connectivity index (χ4n) is 1.47. The number of hydrogen-bond acceptors (Lipinski definition) is 3. The normalized spacial score (nSPS) is 10.6. The second-order valence-electron chi connectivity index (χ2n) is 3.76. The molecule has 0 atom stereocenters. The van der Waals surface area contributed by atoms with E-state index in [2.05, 4.69) is 31.3 Å². The lowest BCUT2D eigenvalue weighted by molar-refractivity contribution is 0.627. The quantitative estimate of drug-likeness (QED) is 0.947. The van der Waals surface area contributed by atoms with Gasteiger partial charge in [-0.1, -0.05) is 6.07 Å². The zero-order valence-corrected chi connectivity index (χ0v) is 11.1. The number of nitrogens with one attached hydrogen (secondary N) is 1. The molecule has 0 amide bonds. The van der Waals surface area contributed by atoms with Crippen molar-refractivity contribution in [1.29, 1.82) is 0 Å². The Hall–Kier alpha value is -1.43. The summed E-state index contributed by atoms with van der Waals surface area (Å²) in [5.74, 6) is 0.475. The molecule has 1 aromatic carbocycles. The van der Waals surface area contributed by atoms with E-state index in [4.69, 9.17) is 0 Å². The summed E-state index contributed by atoms with van der Waals surface area (Å²) in [7, 11) is 1.79. The number of nitrogens with zero attached hydrogens (tertiary/aromatic N) is 3. The largest absolute Gasteiger partial charge is 0.375 e. The van der Waals surface area contributed by atoms with Crippen molar-refractivity contribution in [1.82, 2.24) is 14.8 Å². The highest BCUT2D eigenvalue weighted by Gasteiger charge is 2.06. The predicted octanol–water partition coefficient (Wildman–Crippen LogP) is 2.64. The van der Waals surface area contributed by atoms with Crippen LogP contribution in [0.15, 0.2) is 22.9 Å². The average molecular weight is 299 g/mol. The molecule has 1 aromatic heterocycles. The Kier molecular flexibility index (Phi) is 3.42. The van der Waals surface area contributed by atoms with Gasteiger partial charge in [0.1, 0.15) is 11.6 Å². The van der Waals surface area contributed by atoms with Crippen LogP contribution in [0.3, 0.4) is 0 Å². The summed E-state index contributed by atoms with van der Waals surface area (Å²) in [5.41, 5.74) is 1.36. The molecule has 0 unspecified atom stereocenters. The Bertz CT molecular complexity index is 538. The van der Waals surface area contributed by atoms with Gasteiger partial charge >= 0.3 is 0 Å². The first-order chi connectivity index (χ1) is 8.06. The SMILES string of the molecule is Cc1ccc(NCc2nc(Br)nn2C)c(F)c1. The van der Waals surface area contributed by atoms with Gasteiger partial charge in [-0.3, -0.25) is 4.68 Å². The molecule has 0 bridgehead atoms. The highest BCUT2D eigenvalue weighted by atomic mass is 79.9. The van der Waals surface area contributed by atoms with E-state index in [0.717, 1.165) is 11.4 Å². The lowest BCUT2D eigenvalue weighted by Gasteiger charge is -2.07. The van der Waals surface area contributed by atoms with Crippen LogP contribution >= 0.6 is 15.9 Å². The Labute approximate surface area is 107 Å². The summed E-state index contributed by atoms with van der Waals surface area (Å²) in [5, 5.41) is 7.04. The second-order valence-corrected chi connectivity index (χ2v) is 4.47. The molecule has 0 fully saturated rings.